The first-order chi connectivity index (χ1) is 16.3. The Morgan fingerprint density at radius 3 is 2.41 bits per heavy atom. The van der Waals surface area contributed by atoms with Crippen LogP contribution in [0.25, 0.3) is 0 Å². The third-order valence-corrected chi connectivity index (χ3v) is 5.60. The number of hydrazone groups is 1. The van der Waals surface area contributed by atoms with Gasteiger partial charge in [0.05, 0.1) is 11.3 Å². The first-order valence-corrected chi connectivity index (χ1v) is 12.8. The second-order valence-corrected chi connectivity index (χ2v) is 9.19. The van der Waals surface area contributed by atoms with Crippen LogP contribution in [0.15, 0.2) is 29.4 Å². The van der Waals surface area contributed by atoms with Crippen LogP contribution in [0.1, 0.15) is 90.6 Å². The fourth-order valence-corrected chi connectivity index (χ4v) is 4.00. The Labute approximate surface area is 205 Å². The van der Waals surface area contributed by atoms with Crippen LogP contribution in [0.2, 0.25) is 0 Å². The molecule has 2 aromatic rings. The third kappa shape index (κ3) is 8.28. The molecule has 0 spiro atoms. The maximum Gasteiger partial charge on any atom is 0.152 e. The lowest BCUT2D eigenvalue weighted by molar-refractivity contribution is 0.0708. The molecule has 0 amide bonds. The van der Waals surface area contributed by atoms with Crippen LogP contribution in [-0.2, 0) is 12.8 Å². The van der Waals surface area contributed by atoms with Crippen LogP contribution in [0.4, 0.5) is 11.6 Å². The van der Waals surface area contributed by atoms with Gasteiger partial charge in [0.2, 0.25) is 0 Å². The Kier molecular flexibility index (Phi) is 10.8. The summed E-state index contributed by atoms with van der Waals surface area (Å²) in [5.74, 6) is 2.56. The maximum absolute atomic E-state index is 10.2. The number of nitrogens with one attached hydrogen (secondary N) is 1. The minimum atomic E-state index is -0.767. The van der Waals surface area contributed by atoms with Gasteiger partial charge in [-0.3, -0.25) is 5.43 Å². The summed E-state index contributed by atoms with van der Waals surface area (Å²) in [7, 11) is 0. The summed E-state index contributed by atoms with van der Waals surface area (Å²) in [4.78, 5) is 11.8. The van der Waals surface area contributed by atoms with Crippen LogP contribution in [0, 0.1) is 0 Å². The van der Waals surface area contributed by atoms with Gasteiger partial charge in [-0.15, -0.1) is 0 Å². The van der Waals surface area contributed by atoms with E-state index >= 15 is 0 Å². The van der Waals surface area contributed by atoms with Crippen LogP contribution in [0.5, 0.6) is 5.75 Å². The van der Waals surface area contributed by atoms with E-state index in [2.05, 4.69) is 29.2 Å². The Balaban J connectivity index is 0.00000199. The van der Waals surface area contributed by atoms with Gasteiger partial charge >= 0.3 is 0 Å². The van der Waals surface area contributed by atoms with E-state index in [-0.39, 0.29) is 0 Å². The third-order valence-electron chi connectivity index (χ3n) is 5.60. The summed E-state index contributed by atoms with van der Waals surface area (Å²) < 4.78 is 0. The Hall–Kier alpha value is -2.67. The van der Waals surface area contributed by atoms with Crippen LogP contribution >= 0.6 is 0 Å². The molecule has 34 heavy (non-hydrogen) atoms. The number of phenols is 1. The number of aliphatic hydroxyl groups is 1. The number of aromatic hydroxyl groups is 1. The zero-order valence-electron chi connectivity index (χ0n) is 21.9. The van der Waals surface area contributed by atoms with Crippen molar-refractivity contribution >= 4 is 17.3 Å². The lowest BCUT2D eigenvalue weighted by Crippen LogP contribution is -2.27. The lowest BCUT2D eigenvalue weighted by atomic mass is 9.90. The fraction of sp³-hybridized carbons (Fsp3) is 0.593. The van der Waals surface area contributed by atoms with Crippen LogP contribution < -0.4 is 10.3 Å². The molecule has 0 saturated carbocycles. The number of phenolic OH excluding ortho intramolecular Hbond substituents is 1. The molecule has 0 radical (unpaired) electrons. The average molecular weight is 470 g/mol. The molecule has 7 nitrogen and oxygen atoms in total. The van der Waals surface area contributed by atoms with Crippen molar-refractivity contribution in [3.63, 3.8) is 0 Å². The molecule has 0 bridgehead atoms. The SMILES string of the molecule is CC.CCCN(CCC)c1cc(N/N=C2\CCCc3cc(O)ccc32)nc(CCC(C)(C)O)n1. The number of anilines is 2. The molecule has 0 saturated heterocycles. The summed E-state index contributed by atoms with van der Waals surface area (Å²) in [5.41, 5.74) is 5.59. The highest BCUT2D eigenvalue weighted by molar-refractivity contribution is 6.03. The van der Waals surface area contributed by atoms with Crippen molar-refractivity contribution in [1.82, 2.24) is 9.97 Å². The molecule has 1 aliphatic rings. The number of rotatable bonds is 10. The van der Waals surface area contributed by atoms with E-state index in [9.17, 15) is 10.2 Å². The topological polar surface area (TPSA) is 93.9 Å². The van der Waals surface area contributed by atoms with Crippen molar-refractivity contribution in [1.29, 1.82) is 0 Å². The van der Waals surface area contributed by atoms with Gasteiger partial charge in [0.25, 0.3) is 0 Å². The molecular weight excluding hydrogens is 426 g/mol. The molecule has 3 rings (SSSR count). The van der Waals surface area contributed by atoms with Crippen molar-refractivity contribution in [2.45, 2.75) is 92.1 Å². The Morgan fingerprint density at radius 1 is 1.06 bits per heavy atom. The van der Waals surface area contributed by atoms with Gasteiger partial charge in [-0.05, 0) is 76.1 Å². The average Bonchev–Trinajstić information content (AvgIpc) is 2.82. The molecule has 7 heteroatoms. The molecule has 188 valence electrons. The van der Waals surface area contributed by atoms with Crippen molar-refractivity contribution in [2.24, 2.45) is 5.10 Å². The molecule has 1 aliphatic carbocycles. The Morgan fingerprint density at radius 2 is 1.76 bits per heavy atom. The largest absolute Gasteiger partial charge is 0.508 e. The van der Waals surface area contributed by atoms with E-state index in [0.717, 1.165) is 67.9 Å². The molecule has 1 aromatic heterocycles. The number of benzene rings is 1. The molecule has 0 atom stereocenters. The second kappa shape index (κ2) is 13.3. The maximum atomic E-state index is 10.2. The van der Waals surface area contributed by atoms with E-state index < -0.39 is 5.60 Å². The van der Waals surface area contributed by atoms with Crippen LogP contribution in [-0.4, -0.2) is 44.6 Å². The zero-order valence-corrected chi connectivity index (χ0v) is 21.9. The quantitative estimate of drug-likeness (QED) is 0.387. The minimum absolute atomic E-state index is 0.293. The van der Waals surface area contributed by atoms with Gasteiger partial charge in [-0.25, -0.2) is 9.97 Å². The monoisotopic (exact) mass is 469 g/mol. The highest BCUT2D eigenvalue weighted by atomic mass is 16.3. The van der Waals surface area contributed by atoms with E-state index in [1.54, 1.807) is 19.9 Å². The summed E-state index contributed by atoms with van der Waals surface area (Å²) in [5, 5.41) is 24.6. The predicted molar refractivity (Wildman–Crippen MR) is 142 cm³/mol. The molecule has 0 aliphatic heterocycles. The van der Waals surface area contributed by atoms with Crippen LogP contribution in [0.3, 0.4) is 0 Å². The Bertz CT molecular complexity index is 931. The number of aromatic nitrogens is 2. The number of nitrogens with zero attached hydrogens (tertiary/aromatic N) is 4. The minimum Gasteiger partial charge on any atom is -0.508 e. The molecule has 1 heterocycles. The summed E-state index contributed by atoms with van der Waals surface area (Å²) in [6.45, 7) is 13.8. The summed E-state index contributed by atoms with van der Waals surface area (Å²) in [6, 6.07) is 7.44. The number of fused-ring (bicyclic) bond motifs is 1. The number of hydrogen-bond acceptors (Lipinski definition) is 7. The predicted octanol–water partition coefficient (Wildman–Crippen LogP) is 5.69. The van der Waals surface area contributed by atoms with Crippen molar-refractivity contribution in [2.75, 3.05) is 23.4 Å². The van der Waals surface area contributed by atoms with Crippen molar-refractivity contribution in [3.8, 4) is 5.75 Å². The molecule has 3 N–H and O–H groups in total. The summed E-state index contributed by atoms with van der Waals surface area (Å²) >= 11 is 0. The highest BCUT2D eigenvalue weighted by Crippen LogP contribution is 2.26. The van der Waals surface area contributed by atoms with Gasteiger partial charge in [-0.1, -0.05) is 27.7 Å². The fourth-order valence-electron chi connectivity index (χ4n) is 4.00. The van der Waals surface area contributed by atoms with Gasteiger partial charge < -0.3 is 15.1 Å². The van der Waals surface area contributed by atoms with E-state index in [1.165, 1.54) is 0 Å². The van der Waals surface area contributed by atoms with E-state index in [4.69, 9.17) is 10.1 Å². The molecule has 1 aromatic carbocycles. The highest BCUT2D eigenvalue weighted by Gasteiger charge is 2.18. The standard InChI is InChI=1S/C25H37N5O2.C2H6/c1-5-14-30(15-6-2)24-17-23(26-22(27-24)12-13-25(3,4)32)29-28-21-9-7-8-18-16-19(31)10-11-20(18)21;1-2/h10-11,16-17,31-32H,5-9,12-15H2,1-4H3,(H,26,27,29);1-2H3/b28-21+;. The van der Waals surface area contributed by atoms with Gasteiger partial charge in [0.15, 0.2) is 5.82 Å². The summed E-state index contributed by atoms with van der Waals surface area (Å²) in [6.07, 6.45) is 6.09. The molecule has 0 fully saturated rings. The van der Waals surface area contributed by atoms with Crippen molar-refractivity contribution in [3.05, 3.63) is 41.2 Å². The number of hydrogen-bond donors (Lipinski definition) is 3. The molecular formula is C27H43N5O2. The second-order valence-electron chi connectivity index (χ2n) is 9.19. The van der Waals surface area contributed by atoms with Gasteiger partial charge in [0.1, 0.15) is 17.4 Å². The molecule has 0 unspecified atom stereocenters. The normalized spacial score (nSPS) is 14.3. The number of aryl methyl sites for hydroxylation is 2. The smallest absolute Gasteiger partial charge is 0.152 e. The first-order valence-electron chi connectivity index (χ1n) is 12.8. The van der Waals surface area contributed by atoms with E-state index in [1.807, 2.05) is 32.0 Å². The van der Waals surface area contributed by atoms with Gasteiger partial charge in [0, 0.05) is 31.1 Å². The van der Waals surface area contributed by atoms with Gasteiger partial charge in [-0.2, -0.15) is 5.10 Å². The zero-order chi connectivity index (χ0) is 25.1. The van der Waals surface area contributed by atoms with E-state index in [0.29, 0.717) is 30.2 Å². The van der Waals surface area contributed by atoms with Crippen molar-refractivity contribution < 1.29 is 10.2 Å². The first kappa shape index (κ1) is 27.6. The lowest BCUT2D eigenvalue weighted by Gasteiger charge is -2.24.